The quantitative estimate of drug-likeness (QED) is 0.437. The van der Waals surface area contributed by atoms with E-state index in [1.165, 1.54) is 24.5 Å². The van der Waals surface area contributed by atoms with Gasteiger partial charge in [-0.05, 0) is 42.8 Å². The zero-order chi connectivity index (χ0) is 21.8. The molecule has 11 heteroatoms. The molecule has 1 aromatic carbocycles. The third-order valence-corrected chi connectivity index (χ3v) is 5.64. The number of hydrogen-bond donors (Lipinski definition) is 2. The van der Waals surface area contributed by atoms with Crippen LogP contribution in [0, 0.1) is 6.92 Å². The molecule has 3 aromatic rings. The molecule has 0 bridgehead atoms. The molecular formula is C19H13Cl3N2O5S. The number of carbonyl (C=O) groups is 3. The van der Waals surface area contributed by atoms with Crippen LogP contribution in [0.5, 0.6) is 0 Å². The van der Waals surface area contributed by atoms with Crippen LogP contribution in [0.25, 0.3) is 0 Å². The first kappa shape index (κ1) is 22.2. The number of ether oxygens (including phenoxy) is 1. The van der Waals surface area contributed by atoms with E-state index in [2.05, 4.69) is 10.6 Å². The van der Waals surface area contributed by atoms with Crippen molar-refractivity contribution in [3.8, 4) is 0 Å². The lowest BCUT2D eigenvalue weighted by Crippen LogP contribution is -2.21. The van der Waals surface area contributed by atoms with Gasteiger partial charge in [0.25, 0.3) is 11.8 Å². The number of rotatable bonds is 6. The fourth-order valence-electron chi connectivity index (χ4n) is 2.36. The molecule has 2 heterocycles. The van der Waals surface area contributed by atoms with E-state index in [1.807, 2.05) is 0 Å². The normalized spacial score (nSPS) is 10.5. The summed E-state index contributed by atoms with van der Waals surface area (Å²) in [5.74, 6) is -1.65. The smallest absolute Gasteiger partial charge is 0.349 e. The summed E-state index contributed by atoms with van der Waals surface area (Å²) in [6.07, 6.45) is 1.38. The van der Waals surface area contributed by atoms with Crippen molar-refractivity contribution in [3.63, 3.8) is 0 Å². The molecule has 2 amide bonds. The maximum atomic E-state index is 12.3. The molecule has 156 valence electrons. The first-order valence-corrected chi connectivity index (χ1v) is 10.3. The molecule has 3 rings (SSSR count). The van der Waals surface area contributed by atoms with Gasteiger partial charge in [0, 0.05) is 5.02 Å². The minimum Gasteiger partial charge on any atom is -0.459 e. The second-order valence-electron chi connectivity index (χ2n) is 5.92. The van der Waals surface area contributed by atoms with Gasteiger partial charge in [-0.25, -0.2) is 4.79 Å². The van der Waals surface area contributed by atoms with Gasteiger partial charge in [0.1, 0.15) is 4.88 Å². The lowest BCUT2D eigenvalue weighted by Gasteiger charge is -2.10. The van der Waals surface area contributed by atoms with Crippen molar-refractivity contribution >= 4 is 74.6 Å². The number of thiophene rings is 1. The van der Waals surface area contributed by atoms with Crippen LogP contribution < -0.4 is 10.6 Å². The summed E-state index contributed by atoms with van der Waals surface area (Å²) in [6, 6.07) is 7.57. The van der Waals surface area contributed by atoms with Crippen LogP contribution in [0.15, 0.2) is 41.0 Å². The van der Waals surface area contributed by atoms with Crippen molar-refractivity contribution in [3.05, 3.63) is 67.9 Å². The summed E-state index contributed by atoms with van der Waals surface area (Å²) in [5, 5.41) is 6.16. The number of hydrogen-bond acceptors (Lipinski definition) is 6. The number of benzene rings is 1. The third-order valence-electron chi connectivity index (χ3n) is 3.69. The lowest BCUT2D eigenvalue weighted by molar-refractivity contribution is -0.119. The molecule has 0 unspecified atom stereocenters. The van der Waals surface area contributed by atoms with E-state index in [1.54, 1.807) is 19.1 Å². The molecule has 0 aliphatic rings. The van der Waals surface area contributed by atoms with Crippen molar-refractivity contribution in [2.45, 2.75) is 6.92 Å². The first-order valence-electron chi connectivity index (χ1n) is 8.31. The zero-order valence-electron chi connectivity index (χ0n) is 15.3. The number of anilines is 2. The van der Waals surface area contributed by atoms with Gasteiger partial charge in [0.15, 0.2) is 12.4 Å². The molecule has 0 spiro atoms. The summed E-state index contributed by atoms with van der Waals surface area (Å²) < 4.78 is 10.1. The van der Waals surface area contributed by atoms with Crippen LogP contribution in [0.1, 0.15) is 25.8 Å². The number of aryl methyl sites for hydroxylation is 1. The van der Waals surface area contributed by atoms with Crippen LogP contribution in [-0.2, 0) is 9.53 Å². The van der Waals surface area contributed by atoms with Gasteiger partial charge in [-0.3, -0.25) is 9.59 Å². The Balaban J connectivity index is 1.59. The Morgan fingerprint density at radius 1 is 1.10 bits per heavy atom. The number of carbonyl (C=O) groups excluding carboxylic acids is 3. The minimum atomic E-state index is -0.709. The van der Waals surface area contributed by atoms with Crippen LogP contribution in [0.4, 0.5) is 10.7 Å². The number of esters is 1. The van der Waals surface area contributed by atoms with Crippen molar-refractivity contribution in [1.82, 2.24) is 0 Å². The van der Waals surface area contributed by atoms with E-state index in [4.69, 9.17) is 44.0 Å². The second kappa shape index (κ2) is 9.53. The van der Waals surface area contributed by atoms with Crippen LogP contribution in [0.3, 0.4) is 0 Å². The standard InChI is InChI=1S/C19H13Cl3N2O5S/c1-9-5-15(24-18(26)13-3-2-4-28-13)30-17(9)19(27)29-8-14(25)23-16-11(21)6-10(20)7-12(16)22/h2-7H,8H2,1H3,(H,23,25)(H,24,26). The van der Waals surface area contributed by atoms with Gasteiger partial charge in [-0.15, -0.1) is 11.3 Å². The molecule has 0 radical (unpaired) electrons. The molecule has 0 aliphatic heterocycles. The Kier molecular flexibility index (Phi) is 7.04. The van der Waals surface area contributed by atoms with E-state index in [9.17, 15) is 14.4 Å². The summed E-state index contributed by atoms with van der Waals surface area (Å²) in [7, 11) is 0. The first-order chi connectivity index (χ1) is 14.2. The molecule has 0 atom stereocenters. The lowest BCUT2D eigenvalue weighted by atomic mass is 10.3. The fraction of sp³-hybridized carbons (Fsp3) is 0.105. The fourth-order valence-corrected chi connectivity index (χ4v) is 4.23. The monoisotopic (exact) mass is 486 g/mol. The van der Waals surface area contributed by atoms with Crippen molar-refractivity contribution in [2.24, 2.45) is 0 Å². The van der Waals surface area contributed by atoms with E-state index in [-0.39, 0.29) is 26.4 Å². The van der Waals surface area contributed by atoms with E-state index >= 15 is 0 Å². The van der Waals surface area contributed by atoms with Crippen LogP contribution in [0.2, 0.25) is 15.1 Å². The summed E-state index contributed by atoms with van der Waals surface area (Å²) in [5.41, 5.74) is 0.753. The Labute approximate surface area is 189 Å². The number of nitrogens with one attached hydrogen (secondary N) is 2. The van der Waals surface area contributed by atoms with Crippen molar-refractivity contribution in [2.75, 3.05) is 17.2 Å². The number of amides is 2. The molecule has 2 aromatic heterocycles. The molecular weight excluding hydrogens is 475 g/mol. The highest BCUT2D eigenvalue weighted by Crippen LogP contribution is 2.33. The highest BCUT2D eigenvalue weighted by atomic mass is 35.5. The van der Waals surface area contributed by atoms with Gasteiger partial charge in [-0.2, -0.15) is 0 Å². The van der Waals surface area contributed by atoms with E-state index < -0.39 is 24.4 Å². The van der Waals surface area contributed by atoms with Gasteiger partial charge in [-0.1, -0.05) is 34.8 Å². The van der Waals surface area contributed by atoms with Gasteiger partial charge in [0.2, 0.25) is 0 Å². The maximum absolute atomic E-state index is 12.3. The van der Waals surface area contributed by atoms with Gasteiger partial charge < -0.3 is 19.8 Å². The Hall–Kier alpha value is -2.52. The Bertz CT molecular complexity index is 1090. The highest BCUT2D eigenvalue weighted by Gasteiger charge is 2.19. The predicted octanol–water partition coefficient (Wildman–Crippen LogP) is 5.66. The molecule has 2 N–H and O–H groups in total. The van der Waals surface area contributed by atoms with Gasteiger partial charge in [0.05, 0.1) is 27.0 Å². The zero-order valence-corrected chi connectivity index (χ0v) is 18.3. The molecule has 0 saturated carbocycles. The van der Waals surface area contributed by atoms with Crippen molar-refractivity contribution in [1.29, 1.82) is 0 Å². The highest BCUT2D eigenvalue weighted by molar-refractivity contribution is 7.18. The van der Waals surface area contributed by atoms with E-state index in [0.717, 1.165) is 11.3 Å². The minimum absolute atomic E-state index is 0.140. The average molecular weight is 488 g/mol. The summed E-state index contributed by atoms with van der Waals surface area (Å²) >= 11 is 18.9. The van der Waals surface area contributed by atoms with Crippen LogP contribution >= 0.6 is 46.1 Å². The van der Waals surface area contributed by atoms with Crippen molar-refractivity contribution < 1.29 is 23.5 Å². The molecule has 0 aliphatic carbocycles. The topological polar surface area (TPSA) is 97.6 Å². The molecule has 0 fully saturated rings. The largest absolute Gasteiger partial charge is 0.459 e. The number of furan rings is 1. The average Bonchev–Trinajstić information content (AvgIpc) is 3.32. The third kappa shape index (κ3) is 5.34. The summed E-state index contributed by atoms with van der Waals surface area (Å²) in [6.45, 7) is 1.13. The van der Waals surface area contributed by atoms with Gasteiger partial charge >= 0.3 is 5.97 Å². The Morgan fingerprint density at radius 3 is 2.43 bits per heavy atom. The predicted molar refractivity (Wildman–Crippen MR) is 116 cm³/mol. The van der Waals surface area contributed by atoms with Crippen LogP contribution in [-0.4, -0.2) is 24.4 Å². The summed E-state index contributed by atoms with van der Waals surface area (Å²) in [4.78, 5) is 36.7. The van der Waals surface area contributed by atoms with E-state index in [0.29, 0.717) is 15.6 Å². The molecule has 7 nitrogen and oxygen atoms in total. The molecule has 0 saturated heterocycles. The second-order valence-corrected chi connectivity index (χ2v) is 8.23. The SMILES string of the molecule is Cc1cc(NC(=O)c2ccco2)sc1C(=O)OCC(=O)Nc1c(Cl)cc(Cl)cc1Cl. The number of halogens is 3. The maximum Gasteiger partial charge on any atom is 0.349 e. The molecule has 30 heavy (non-hydrogen) atoms. The Morgan fingerprint density at radius 2 is 1.80 bits per heavy atom.